The highest BCUT2D eigenvalue weighted by molar-refractivity contribution is 5.66. The van der Waals surface area contributed by atoms with Crippen LogP contribution in [0.4, 0.5) is 0 Å². The average Bonchev–Trinajstić information content (AvgIpc) is 2.62. The number of aromatic nitrogens is 2. The summed E-state index contributed by atoms with van der Waals surface area (Å²) >= 11 is 0. The van der Waals surface area contributed by atoms with Crippen LogP contribution in [0, 0.1) is 0 Å². The van der Waals surface area contributed by atoms with Gasteiger partial charge in [0.25, 0.3) is 0 Å². The summed E-state index contributed by atoms with van der Waals surface area (Å²) in [6.45, 7) is 1.81. The van der Waals surface area contributed by atoms with Gasteiger partial charge >= 0.3 is 5.97 Å². The number of carboxylic acid groups (broad SMARTS) is 1. The number of hydrogen-bond acceptors (Lipinski definition) is 4. The molecule has 1 fully saturated rings. The van der Waals surface area contributed by atoms with E-state index in [1.165, 1.54) is 12.8 Å². The van der Waals surface area contributed by atoms with Crippen LogP contribution in [0.5, 0.6) is 0 Å². The van der Waals surface area contributed by atoms with E-state index in [0.29, 0.717) is 6.04 Å². The highest BCUT2D eigenvalue weighted by atomic mass is 16.4. The smallest absolute Gasteiger partial charge is 0.303 e. The predicted octanol–water partition coefficient (Wildman–Crippen LogP) is 3.36. The minimum absolute atomic E-state index is 0.241. The van der Waals surface area contributed by atoms with Gasteiger partial charge in [-0.25, -0.2) is 9.97 Å². The SMILES string of the molecule is O=C(O)CC[C@@H]1CCCCN1Cc1cnc(-c2ccccc2)nc1. The lowest BCUT2D eigenvalue weighted by Crippen LogP contribution is -2.39. The molecule has 0 unspecified atom stereocenters. The normalized spacial score (nSPS) is 18.4. The number of benzene rings is 1. The molecule has 0 aliphatic carbocycles. The molecule has 5 heteroatoms. The van der Waals surface area contributed by atoms with Gasteiger partial charge in [-0.15, -0.1) is 0 Å². The Morgan fingerprint density at radius 3 is 2.62 bits per heavy atom. The quantitative estimate of drug-likeness (QED) is 0.882. The summed E-state index contributed by atoms with van der Waals surface area (Å²) in [5.41, 5.74) is 2.10. The molecule has 3 rings (SSSR count). The topological polar surface area (TPSA) is 66.3 Å². The Balaban J connectivity index is 1.64. The average molecular weight is 325 g/mol. The molecule has 1 aliphatic rings. The highest BCUT2D eigenvalue weighted by Gasteiger charge is 2.23. The van der Waals surface area contributed by atoms with Crippen LogP contribution in [-0.4, -0.2) is 38.5 Å². The van der Waals surface area contributed by atoms with Gasteiger partial charge in [0.1, 0.15) is 0 Å². The minimum Gasteiger partial charge on any atom is -0.481 e. The van der Waals surface area contributed by atoms with Crippen molar-refractivity contribution in [2.45, 2.75) is 44.7 Å². The van der Waals surface area contributed by atoms with Crippen LogP contribution >= 0.6 is 0 Å². The van der Waals surface area contributed by atoms with E-state index in [-0.39, 0.29) is 6.42 Å². The predicted molar refractivity (Wildman–Crippen MR) is 92.4 cm³/mol. The molecule has 1 aromatic heterocycles. The summed E-state index contributed by atoms with van der Waals surface area (Å²) in [6.07, 6.45) is 8.17. The van der Waals surface area contributed by atoms with Crippen LogP contribution in [0.2, 0.25) is 0 Å². The van der Waals surface area contributed by atoms with Crippen molar-refractivity contribution >= 4 is 5.97 Å². The number of hydrogen-bond donors (Lipinski definition) is 1. The fourth-order valence-electron chi connectivity index (χ4n) is 3.29. The number of carbonyl (C=O) groups is 1. The second-order valence-electron chi connectivity index (χ2n) is 6.33. The second-order valence-corrected chi connectivity index (χ2v) is 6.33. The third-order valence-electron chi connectivity index (χ3n) is 4.56. The number of nitrogens with zero attached hydrogens (tertiary/aromatic N) is 3. The van der Waals surface area contributed by atoms with Gasteiger partial charge in [0, 0.05) is 42.5 Å². The maximum Gasteiger partial charge on any atom is 0.303 e. The van der Waals surface area contributed by atoms with Crippen LogP contribution in [-0.2, 0) is 11.3 Å². The molecule has 1 N–H and O–H groups in total. The zero-order valence-electron chi connectivity index (χ0n) is 13.8. The van der Waals surface area contributed by atoms with E-state index in [9.17, 15) is 4.79 Å². The number of carboxylic acids is 1. The summed E-state index contributed by atoms with van der Waals surface area (Å²) in [7, 11) is 0. The summed E-state index contributed by atoms with van der Waals surface area (Å²) in [5.74, 6) is 0.0245. The first-order valence-electron chi connectivity index (χ1n) is 8.54. The van der Waals surface area contributed by atoms with Crippen molar-refractivity contribution in [3.05, 3.63) is 48.3 Å². The first-order chi connectivity index (χ1) is 11.7. The summed E-state index contributed by atoms with van der Waals surface area (Å²) in [4.78, 5) is 22.2. The van der Waals surface area contributed by atoms with E-state index >= 15 is 0 Å². The van der Waals surface area contributed by atoms with Gasteiger partial charge in [0.05, 0.1) is 0 Å². The molecule has 2 aromatic rings. The van der Waals surface area contributed by atoms with Crippen molar-refractivity contribution in [1.29, 1.82) is 0 Å². The van der Waals surface area contributed by atoms with Gasteiger partial charge in [-0.05, 0) is 25.8 Å². The number of piperidine rings is 1. The monoisotopic (exact) mass is 325 g/mol. The molecule has 0 amide bonds. The molecule has 0 radical (unpaired) electrons. The van der Waals surface area contributed by atoms with Crippen LogP contribution in [0.1, 0.15) is 37.7 Å². The maximum atomic E-state index is 10.8. The van der Waals surface area contributed by atoms with Crippen molar-refractivity contribution in [2.75, 3.05) is 6.54 Å². The molecule has 0 bridgehead atoms. The molecule has 126 valence electrons. The summed E-state index contributed by atoms with van der Waals surface area (Å²) in [6, 6.07) is 10.3. The number of rotatable bonds is 6. The van der Waals surface area contributed by atoms with Crippen molar-refractivity contribution in [3.63, 3.8) is 0 Å². The highest BCUT2D eigenvalue weighted by Crippen LogP contribution is 2.23. The first kappa shape index (κ1) is 16.6. The van der Waals surface area contributed by atoms with E-state index < -0.39 is 5.97 Å². The molecule has 24 heavy (non-hydrogen) atoms. The van der Waals surface area contributed by atoms with Gasteiger partial charge < -0.3 is 5.11 Å². The van der Waals surface area contributed by atoms with E-state index in [4.69, 9.17) is 5.11 Å². The Morgan fingerprint density at radius 2 is 1.92 bits per heavy atom. The second kappa shape index (κ2) is 8.02. The van der Waals surface area contributed by atoms with E-state index in [2.05, 4.69) is 14.9 Å². The van der Waals surface area contributed by atoms with E-state index in [0.717, 1.165) is 42.9 Å². The third kappa shape index (κ3) is 4.38. The van der Waals surface area contributed by atoms with Gasteiger partial charge in [0.15, 0.2) is 5.82 Å². The van der Waals surface area contributed by atoms with Crippen molar-refractivity contribution < 1.29 is 9.90 Å². The Labute approximate surface area is 142 Å². The Hall–Kier alpha value is -2.27. The van der Waals surface area contributed by atoms with Gasteiger partial charge in [-0.1, -0.05) is 36.8 Å². The molecule has 1 atom stereocenters. The Bertz CT molecular complexity index is 658. The standard InChI is InChI=1S/C19H23N3O2/c23-18(24)10-9-17-8-4-5-11-22(17)14-15-12-20-19(21-13-15)16-6-2-1-3-7-16/h1-3,6-7,12-13,17H,4-5,8-11,14H2,(H,23,24)/t17-/m0/s1. The van der Waals surface area contributed by atoms with Gasteiger partial charge in [0.2, 0.25) is 0 Å². The maximum absolute atomic E-state index is 10.8. The molecule has 5 nitrogen and oxygen atoms in total. The minimum atomic E-state index is -0.712. The zero-order valence-corrected chi connectivity index (χ0v) is 13.8. The van der Waals surface area contributed by atoms with Gasteiger partial charge in [-0.2, -0.15) is 0 Å². The van der Waals surface area contributed by atoms with Crippen molar-refractivity contribution in [2.24, 2.45) is 0 Å². The fraction of sp³-hybridized carbons (Fsp3) is 0.421. The van der Waals surface area contributed by atoms with Crippen molar-refractivity contribution in [1.82, 2.24) is 14.9 Å². The number of aliphatic carboxylic acids is 1. The molecule has 1 saturated heterocycles. The fourth-order valence-corrected chi connectivity index (χ4v) is 3.29. The van der Waals surface area contributed by atoms with E-state index in [1.54, 1.807) is 0 Å². The van der Waals surface area contributed by atoms with Crippen molar-refractivity contribution in [3.8, 4) is 11.4 Å². The third-order valence-corrected chi connectivity index (χ3v) is 4.56. The molecular formula is C19H23N3O2. The Kier molecular flexibility index (Phi) is 5.54. The lowest BCUT2D eigenvalue weighted by molar-refractivity contribution is -0.137. The summed E-state index contributed by atoms with van der Waals surface area (Å²) < 4.78 is 0. The molecular weight excluding hydrogens is 302 g/mol. The number of likely N-dealkylation sites (tertiary alicyclic amines) is 1. The van der Waals surface area contributed by atoms with Crippen LogP contribution in [0.3, 0.4) is 0 Å². The lowest BCUT2D eigenvalue weighted by Gasteiger charge is -2.35. The zero-order chi connectivity index (χ0) is 16.8. The molecule has 0 spiro atoms. The molecule has 1 aromatic carbocycles. The lowest BCUT2D eigenvalue weighted by atomic mass is 9.97. The van der Waals surface area contributed by atoms with Crippen LogP contribution in [0.25, 0.3) is 11.4 Å². The van der Waals surface area contributed by atoms with E-state index in [1.807, 2.05) is 42.7 Å². The molecule has 1 aliphatic heterocycles. The largest absolute Gasteiger partial charge is 0.481 e. The summed E-state index contributed by atoms with van der Waals surface area (Å²) in [5, 5.41) is 8.92. The van der Waals surface area contributed by atoms with Crippen LogP contribution < -0.4 is 0 Å². The van der Waals surface area contributed by atoms with Gasteiger partial charge in [-0.3, -0.25) is 9.69 Å². The first-order valence-corrected chi connectivity index (χ1v) is 8.54. The molecule has 0 saturated carbocycles. The van der Waals surface area contributed by atoms with Crippen LogP contribution in [0.15, 0.2) is 42.7 Å². The Morgan fingerprint density at radius 1 is 1.17 bits per heavy atom. The molecule has 2 heterocycles.